The number of hydrogen-bond acceptors (Lipinski definition) is 3. The van der Waals surface area contributed by atoms with Gasteiger partial charge in [-0.05, 0) is 32.1 Å². The molecule has 0 aliphatic carbocycles. The van der Waals surface area contributed by atoms with Crippen molar-refractivity contribution >= 4 is 5.84 Å². The van der Waals surface area contributed by atoms with Gasteiger partial charge in [-0.1, -0.05) is 6.92 Å². The molecule has 0 aromatic heterocycles. The van der Waals surface area contributed by atoms with Gasteiger partial charge in [0, 0.05) is 25.6 Å². The van der Waals surface area contributed by atoms with Gasteiger partial charge < -0.3 is 10.0 Å². The lowest BCUT2D eigenvalue weighted by molar-refractivity contribution is 0.139. The zero-order valence-corrected chi connectivity index (χ0v) is 9.65. The highest BCUT2D eigenvalue weighted by atomic mass is 16.3. The van der Waals surface area contributed by atoms with Crippen LogP contribution < -0.4 is 0 Å². The SMILES string of the molecule is CCC(O)CC1CCCN2CCCN=C12. The molecular formula is C12H22N2O. The Bertz CT molecular complexity index is 240. The standard InChI is InChI=1S/C12H22N2O/c1-2-11(15)9-10-5-3-7-14-8-4-6-13-12(10)14/h10-11,15H,2-9H2,1H3. The van der Waals surface area contributed by atoms with Gasteiger partial charge in [0.25, 0.3) is 0 Å². The van der Waals surface area contributed by atoms with E-state index in [1.54, 1.807) is 0 Å². The fourth-order valence-corrected chi connectivity index (χ4v) is 2.66. The van der Waals surface area contributed by atoms with Gasteiger partial charge in [0.05, 0.1) is 6.10 Å². The molecule has 1 saturated heterocycles. The molecule has 3 nitrogen and oxygen atoms in total. The Morgan fingerprint density at radius 3 is 3.07 bits per heavy atom. The first kappa shape index (κ1) is 10.9. The molecular weight excluding hydrogens is 188 g/mol. The van der Waals surface area contributed by atoms with Crippen LogP contribution in [0, 0.1) is 5.92 Å². The summed E-state index contributed by atoms with van der Waals surface area (Å²) in [5.41, 5.74) is 0. The maximum atomic E-state index is 9.73. The van der Waals surface area contributed by atoms with Gasteiger partial charge in [-0.3, -0.25) is 4.99 Å². The van der Waals surface area contributed by atoms with E-state index in [0.717, 1.165) is 19.4 Å². The van der Waals surface area contributed by atoms with Crippen molar-refractivity contribution in [3.8, 4) is 0 Å². The number of hydrogen-bond donors (Lipinski definition) is 1. The molecule has 0 radical (unpaired) electrons. The fourth-order valence-electron chi connectivity index (χ4n) is 2.66. The Kier molecular flexibility index (Phi) is 3.62. The molecule has 0 aromatic carbocycles. The quantitative estimate of drug-likeness (QED) is 0.769. The smallest absolute Gasteiger partial charge is 0.102 e. The number of aliphatic hydroxyl groups excluding tert-OH is 1. The van der Waals surface area contributed by atoms with Gasteiger partial charge in [0.1, 0.15) is 5.84 Å². The molecule has 0 amide bonds. The van der Waals surface area contributed by atoms with E-state index in [1.165, 1.54) is 38.2 Å². The van der Waals surface area contributed by atoms with E-state index in [-0.39, 0.29) is 6.10 Å². The van der Waals surface area contributed by atoms with Crippen LogP contribution in [-0.4, -0.2) is 41.6 Å². The van der Waals surface area contributed by atoms with Crippen LogP contribution in [0.25, 0.3) is 0 Å². The average molecular weight is 210 g/mol. The van der Waals surface area contributed by atoms with Crippen molar-refractivity contribution in [3.05, 3.63) is 0 Å². The second kappa shape index (κ2) is 4.97. The fraction of sp³-hybridized carbons (Fsp3) is 0.917. The summed E-state index contributed by atoms with van der Waals surface area (Å²) >= 11 is 0. The highest BCUT2D eigenvalue weighted by Crippen LogP contribution is 2.26. The van der Waals surface area contributed by atoms with Crippen LogP contribution in [0.15, 0.2) is 4.99 Å². The Morgan fingerprint density at radius 2 is 2.27 bits per heavy atom. The first-order chi connectivity index (χ1) is 7.31. The molecule has 2 aliphatic rings. The van der Waals surface area contributed by atoms with E-state index >= 15 is 0 Å². The molecule has 0 aromatic rings. The third-order valence-corrected chi connectivity index (χ3v) is 3.56. The maximum absolute atomic E-state index is 9.73. The van der Waals surface area contributed by atoms with Crippen molar-refractivity contribution in [2.24, 2.45) is 10.9 Å². The number of rotatable bonds is 3. The summed E-state index contributed by atoms with van der Waals surface area (Å²) in [5, 5.41) is 9.73. The summed E-state index contributed by atoms with van der Waals surface area (Å²) in [7, 11) is 0. The van der Waals surface area contributed by atoms with Gasteiger partial charge >= 0.3 is 0 Å². The predicted molar refractivity (Wildman–Crippen MR) is 62.1 cm³/mol. The molecule has 0 saturated carbocycles. The van der Waals surface area contributed by atoms with Crippen LogP contribution in [0.5, 0.6) is 0 Å². The molecule has 15 heavy (non-hydrogen) atoms. The molecule has 2 aliphatic heterocycles. The molecule has 1 fully saturated rings. The third kappa shape index (κ3) is 2.51. The van der Waals surface area contributed by atoms with Crippen molar-refractivity contribution in [1.29, 1.82) is 0 Å². The second-order valence-electron chi connectivity index (χ2n) is 4.72. The van der Waals surface area contributed by atoms with Crippen LogP contribution in [0.4, 0.5) is 0 Å². The van der Waals surface area contributed by atoms with Crippen LogP contribution in [0.3, 0.4) is 0 Å². The normalized spacial score (nSPS) is 28.3. The maximum Gasteiger partial charge on any atom is 0.102 e. The summed E-state index contributed by atoms with van der Waals surface area (Å²) < 4.78 is 0. The van der Waals surface area contributed by atoms with Gasteiger partial charge in [-0.15, -0.1) is 0 Å². The molecule has 3 heteroatoms. The number of nitrogens with zero attached hydrogens (tertiary/aromatic N) is 2. The van der Waals surface area contributed by atoms with Crippen molar-refractivity contribution in [1.82, 2.24) is 4.90 Å². The summed E-state index contributed by atoms with van der Waals surface area (Å²) in [6.07, 6.45) is 5.31. The van der Waals surface area contributed by atoms with Crippen molar-refractivity contribution in [2.75, 3.05) is 19.6 Å². The number of aliphatic imine (C=N–C) groups is 1. The van der Waals surface area contributed by atoms with Crippen molar-refractivity contribution in [2.45, 2.75) is 45.1 Å². The van der Waals surface area contributed by atoms with E-state index in [4.69, 9.17) is 0 Å². The van der Waals surface area contributed by atoms with Gasteiger partial charge in [0.15, 0.2) is 0 Å². The lowest BCUT2D eigenvalue weighted by Gasteiger charge is -2.38. The van der Waals surface area contributed by atoms with E-state index in [2.05, 4.69) is 9.89 Å². The summed E-state index contributed by atoms with van der Waals surface area (Å²) in [6.45, 7) is 5.40. The second-order valence-corrected chi connectivity index (χ2v) is 4.72. The summed E-state index contributed by atoms with van der Waals surface area (Å²) in [6, 6.07) is 0. The first-order valence-electron chi connectivity index (χ1n) is 6.28. The summed E-state index contributed by atoms with van der Waals surface area (Å²) in [5.74, 6) is 1.81. The predicted octanol–water partition coefficient (Wildman–Crippen LogP) is 1.66. The Labute approximate surface area is 92.2 Å². The zero-order chi connectivity index (χ0) is 10.7. The zero-order valence-electron chi connectivity index (χ0n) is 9.65. The lowest BCUT2D eigenvalue weighted by atomic mass is 9.89. The number of amidine groups is 1. The van der Waals surface area contributed by atoms with Gasteiger partial charge in [-0.25, -0.2) is 0 Å². The molecule has 2 unspecified atom stereocenters. The molecule has 0 spiro atoms. The molecule has 0 bridgehead atoms. The monoisotopic (exact) mass is 210 g/mol. The Balaban J connectivity index is 2.00. The number of aliphatic hydroxyl groups is 1. The average Bonchev–Trinajstić information content (AvgIpc) is 2.29. The van der Waals surface area contributed by atoms with E-state index < -0.39 is 0 Å². The largest absolute Gasteiger partial charge is 0.393 e. The number of piperidine rings is 1. The minimum absolute atomic E-state index is 0.139. The molecule has 2 heterocycles. The van der Waals surface area contributed by atoms with Crippen LogP contribution in [0.2, 0.25) is 0 Å². The highest BCUT2D eigenvalue weighted by molar-refractivity contribution is 5.85. The van der Waals surface area contributed by atoms with E-state index in [0.29, 0.717) is 5.92 Å². The van der Waals surface area contributed by atoms with Gasteiger partial charge in [0.2, 0.25) is 0 Å². The number of fused-ring (bicyclic) bond motifs is 1. The van der Waals surface area contributed by atoms with E-state index in [1.807, 2.05) is 6.92 Å². The molecule has 2 rings (SSSR count). The first-order valence-corrected chi connectivity index (χ1v) is 6.28. The minimum atomic E-state index is -0.139. The summed E-state index contributed by atoms with van der Waals surface area (Å²) in [4.78, 5) is 7.08. The Hall–Kier alpha value is -0.570. The van der Waals surface area contributed by atoms with E-state index in [9.17, 15) is 5.11 Å². The highest BCUT2D eigenvalue weighted by Gasteiger charge is 2.29. The minimum Gasteiger partial charge on any atom is -0.393 e. The molecule has 1 N–H and O–H groups in total. The topological polar surface area (TPSA) is 35.8 Å². The third-order valence-electron chi connectivity index (χ3n) is 3.56. The van der Waals surface area contributed by atoms with Gasteiger partial charge in [-0.2, -0.15) is 0 Å². The molecule has 86 valence electrons. The molecule has 2 atom stereocenters. The van der Waals surface area contributed by atoms with Crippen LogP contribution >= 0.6 is 0 Å². The van der Waals surface area contributed by atoms with Crippen LogP contribution in [0.1, 0.15) is 39.0 Å². The van der Waals surface area contributed by atoms with Crippen molar-refractivity contribution < 1.29 is 5.11 Å². The van der Waals surface area contributed by atoms with Crippen LogP contribution in [-0.2, 0) is 0 Å². The lowest BCUT2D eigenvalue weighted by Crippen LogP contribution is -2.45. The van der Waals surface area contributed by atoms with Crippen molar-refractivity contribution in [3.63, 3.8) is 0 Å². The Morgan fingerprint density at radius 1 is 1.47 bits per heavy atom.